The summed E-state index contributed by atoms with van der Waals surface area (Å²) in [6, 6.07) is 23.3. The Labute approximate surface area is 195 Å². The quantitative estimate of drug-likeness (QED) is 0.454. The molecule has 4 rings (SSSR count). The minimum Gasteiger partial charge on any atom is -0.489 e. The van der Waals surface area contributed by atoms with Crippen molar-refractivity contribution in [3.05, 3.63) is 94.5 Å². The van der Waals surface area contributed by atoms with Crippen molar-refractivity contribution in [1.82, 2.24) is 5.32 Å². The number of hydrogen-bond acceptors (Lipinski definition) is 3. The van der Waals surface area contributed by atoms with Gasteiger partial charge in [-0.3, -0.25) is 4.79 Å². The van der Waals surface area contributed by atoms with E-state index >= 15 is 0 Å². The molecule has 0 bridgehead atoms. The summed E-state index contributed by atoms with van der Waals surface area (Å²) in [7, 11) is 0. The fourth-order valence-electron chi connectivity index (χ4n) is 3.99. The average Bonchev–Trinajstić information content (AvgIpc) is 2.84. The number of nitrogens with zero attached hydrogens (tertiary/aromatic N) is 1. The van der Waals surface area contributed by atoms with Crippen molar-refractivity contribution in [3.63, 3.8) is 0 Å². The van der Waals surface area contributed by atoms with Crippen LogP contribution in [-0.2, 0) is 6.61 Å². The molecule has 0 radical (unpaired) electrons. The molecule has 0 spiro atoms. The molecule has 1 fully saturated rings. The van der Waals surface area contributed by atoms with E-state index in [2.05, 4.69) is 34.5 Å². The molecule has 3 aromatic carbocycles. The summed E-state index contributed by atoms with van der Waals surface area (Å²) in [5, 5.41) is 3.76. The molecule has 1 heterocycles. The lowest BCUT2D eigenvalue weighted by Gasteiger charge is -2.29. The van der Waals surface area contributed by atoms with Crippen molar-refractivity contribution >= 4 is 23.2 Å². The molecule has 5 heteroatoms. The second-order valence-corrected chi connectivity index (χ2v) is 8.65. The zero-order chi connectivity index (χ0) is 22.3. The predicted octanol–water partition coefficient (Wildman–Crippen LogP) is 6.40. The molecule has 0 saturated carbocycles. The van der Waals surface area contributed by atoms with E-state index in [4.69, 9.17) is 16.3 Å². The van der Waals surface area contributed by atoms with Crippen molar-refractivity contribution in [2.75, 3.05) is 18.0 Å². The van der Waals surface area contributed by atoms with Gasteiger partial charge in [-0.25, -0.2) is 0 Å². The van der Waals surface area contributed by atoms with Crippen molar-refractivity contribution in [2.45, 2.75) is 38.8 Å². The van der Waals surface area contributed by atoms with Gasteiger partial charge in [-0.15, -0.1) is 0 Å². The first-order chi connectivity index (χ1) is 15.6. The van der Waals surface area contributed by atoms with Gasteiger partial charge in [0, 0.05) is 34.9 Å². The highest BCUT2D eigenvalue weighted by molar-refractivity contribution is 6.31. The van der Waals surface area contributed by atoms with Crippen LogP contribution >= 0.6 is 11.6 Å². The third-order valence-corrected chi connectivity index (χ3v) is 6.28. The molecule has 1 amide bonds. The van der Waals surface area contributed by atoms with Crippen LogP contribution in [0.15, 0.2) is 72.8 Å². The molecule has 1 aliphatic rings. The fraction of sp³-hybridized carbons (Fsp3) is 0.296. The molecule has 32 heavy (non-hydrogen) atoms. The van der Waals surface area contributed by atoms with Gasteiger partial charge in [0.15, 0.2) is 0 Å². The number of ether oxygens (including phenoxy) is 1. The number of carbonyl (C=O) groups is 1. The molecule has 1 saturated heterocycles. The van der Waals surface area contributed by atoms with E-state index in [9.17, 15) is 4.79 Å². The summed E-state index contributed by atoms with van der Waals surface area (Å²) in [5.74, 6) is 0.511. The van der Waals surface area contributed by atoms with Crippen molar-refractivity contribution in [2.24, 2.45) is 0 Å². The van der Waals surface area contributed by atoms with Gasteiger partial charge >= 0.3 is 0 Å². The zero-order valence-corrected chi connectivity index (χ0v) is 19.1. The number of nitrogens with one attached hydrogen (secondary N) is 1. The van der Waals surface area contributed by atoms with Gasteiger partial charge < -0.3 is 15.0 Å². The Hall–Kier alpha value is -2.98. The van der Waals surface area contributed by atoms with Crippen molar-refractivity contribution < 1.29 is 9.53 Å². The Morgan fingerprint density at radius 1 is 1.00 bits per heavy atom. The Morgan fingerprint density at radius 2 is 1.75 bits per heavy atom. The van der Waals surface area contributed by atoms with E-state index in [-0.39, 0.29) is 11.9 Å². The first kappa shape index (κ1) is 22.2. The number of halogens is 1. The fourth-order valence-corrected chi connectivity index (χ4v) is 4.18. The maximum atomic E-state index is 12.8. The Balaban J connectivity index is 1.36. The first-order valence-corrected chi connectivity index (χ1v) is 11.6. The predicted molar refractivity (Wildman–Crippen MR) is 131 cm³/mol. The van der Waals surface area contributed by atoms with Gasteiger partial charge in [0.25, 0.3) is 5.91 Å². The smallest absolute Gasteiger partial charge is 0.251 e. The summed E-state index contributed by atoms with van der Waals surface area (Å²) >= 11 is 6.19. The molecule has 166 valence electrons. The van der Waals surface area contributed by atoms with Gasteiger partial charge in [-0.05, 0) is 68.1 Å². The second-order valence-electron chi connectivity index (χ2n) is 8.24. The van der Waals surface area contributed by atoms with Crippen LogP contribution < -0.4 is 15.0 Å². The summed E-state index contributed by atoms with van der Waals surface area (Å²) < 4.78 is 5.86. The summed E-state index contributed by atoms with van der Waals surface area (Å²) in [4.78, 5) is 15.3. The lowest BCUT2D eigenvalue weighted by Crippen LogP contribution is -2.29. The highest BCUT2D eigenvalue weighted by Crippen LogP contribution is 2.23. The third kappa shape index (κ3) is 5.63. The summed E-state index contributed by atoms with van der Waals surface area (Å²) in [6.07, 6.45) is 3.84. The summed E-state index contributed by atoms with van der Waals surface area (Å²) in [6.45, 7) is 4.61. The standard InChI is InChI=1S/C27H29ClN2O2/c1-20(21-12-14-24(15-13-21)30-16-5-2-6-17-30)29-27(31)22-9-7-10-25(18-22)32-19-23-8-3-4-11-26(23)28/h3-4,7-15,18,20H,2,5-6,16-17,19H2,1H3,(H,29,31)/t20-/m0/s1. The maximum absolute atomic E-state index is 12.8. The van der Waals surface area contributed by atoms with Crippen LogP contribution in [0.2, 0.25) is 5.02 Å². The molecule has 0 aromatic heterocycles. The number of piperidine rings is 1. The number of benzene rings is 3. The molecule has 0 unspecified atom stereocenters. The molecular formula is C27H29ClN2O2. The Bertz CT molecular complexity index is 1050. The minimum absolute atomic E-state index is 0.0920. The largest absolute Gasteiger partial charge is 0.489 e. The highest BCUT2D eigenvalue weighted by Gasteiger charge is 2.14. The van der Waals surface area contributed by atoms with E-state index in [0.717, 1.165) is 24.2 Å². The molecule has 1 N–H and O–H groups in total. The lowest BCUT2D eigenvalue weighted by atomic mass is 10.1. The van der Waals surface area contributed by atoms with E-state index in [0.29, 0.717) is 22.9 Å². The van der Waals surface area contributed by atoms with Gasteiger partial charge in [0.05, 0.1) is 6.04 Å². The topological polar surface area (TPSA) is 41.6 Å². The molecule has 0 aliphatic carbocycles. The molecule has 1 atom stereocenters. The molecule has 3 aromatic rings. The molecule has 1 aliphatic heterocycles. The number of carbonyl (C=O) groups excluding carboxylic acids is 1. The average molecular weight is 449 g/mol. The van der Waals surface area contributed by atoms with Gasteiger partial charge in [-0.1, -0.05) is 48.0 Å². The van der Waals surface area contributed by atoms with Crippen LogP contribution in [0.25, 0.3) is 0 Å². The van der Waals surface area contributed by atoms with Crippen molar-refractivity contribution in [1.29, 1.82) is 0 Å². The normalized spacial score (nSPS) is 14.6. The van der Waals surface area contributed by atoms with Gasteiger partial charge in [-0.2, -0.15) is 0 Å². The van der Waals surface area contributed by atoms with Crippen LogP contribution in [0.1, 0.15) is 53.7 Å². The third-order valence-electron chi connectivity index (χ3n) is 5.91. The zero-order valence-electron chi connectivity index (χ0n) is 18.4. The minimum atomic E-state index is -0.124. The number of anilines is 1. The van der Waals surface area contributed by atoms with Gasteiger partial charge in [0.2, 0.25) is 0 Å². The number of hydrogen-bond donors (Lipinski definition) is 1. The van der Waals surface area contributed by atoms with Crippen LogP contribution in [0.5, 0.6) is 5.75 Å². The van der Waals surface area contributed by atoms with E-state index in [1.54, 1.807) is 12.1 Å². The summed E-state index contributed by atoms with van der Waals surface area (Å²) in [5.41, 5.74) is 3.82. The van der Waals surface area contributed by atoms with Crippen LogP contribution in [-0.4, -0.2) is 19.0 Å². The van der Waals surface area contributed by atoms with Crippen LogP contribution in [0.4, 0.5) is 5.69 Å². The lowest BCUT2D eigenvalue weighted by molar-refractivity contribution is 0.0939. The van der Waals surface area contributed by atoms with E-state index in [1.807, 2.05) is 43.3 Å². The second kappa shape index (κ2) is 10.6. The maximum Gasteiger partial charge on any atom is 0.251 e. The number of amides is 1. The number of rotatable bonds is 7. The first-order valence-electron chi connectivity index (χ1n) is 11.2. The van der Waals surface area contributed by atoms with Gasteiger partial charge in [0.1, 0.15) is 12.4 Å². The molecule has 4 nitrogen and oxygen atoms in total. The molecular weight excluding hydrogens is 420 g/mol. The van der Waals surface area contributed by atoms with Crippen LogP contribution in [0.3, 0.4) is 0 Å². The SMILES string of the molecule is C[C@H](NC(=O)c1cccc(OCc2ccccc2Cl)c1)c1ccc(N2CCCCC2)cc1. The van der Waals surface area contributed by atoms with E-state index < -0.39 is 0 Å². The van der Waals surface area contributed by atoms with E-state index in [1.165, 1.54) is 24.9 Å². The van der Waals surface area contributed by atoms with Crippen LogP contribution in [0, 0.1) is 0 Å². The Kier molecular flexibility index (Phi) is 7.33. The van der Waals surface area contributed by atoms with Crippen molar-refractivity contribution in [3.8, 4) is 5.75 Å². The highest BCUT2D eigenvalue weighted by atomic mass is 35.5. The Morgan fingerprint density at radius 3 is 2.50 bits per heavy atom. The monoisotopic (exact) mass is 448 g/mol.